The van der Waals surface area contributed by atoms with Gasteiger partial charge in [0, 0.05) is 5.92 Å². The Labute approximate surface area is 120 Å². The summed E-state index contributed by atoms with van der Waals surface area (Å²) in [5.41, 5.74) is 0.927. The molecule has 1 aliphatic heterocycles. The van der Waals surface area contributed by atoms with Crippen molar-refractivity contribution in [2.24, 2.45) is 5.92 Å². The SMILES string of the molecule is CC1CC(C(=O)NC(CO)c2ccccc2)CC(C)O1. The lowest BCUT2D eigenvalue weighted by Gasteiger charge is -2.32. The van der Waals surface area contributed by atoms with Gasteiger partial charge in [-0.05, 0) is 32.3 Å². The van der Waals surface area contributed by atoms with Crippen LogP contribution in [-0.4, -0.2) is 29.8 Å². The molecular formula is C16H23NO3. The van der Waals surface area contributed by atoms with Crippen molar-refractivity contribution in [1.29, 1.82) is 0 Å². The molecule has 1 aliphatic rings. The summed E-state index contributed by atoms with van der Waals surface area (Å²) in [7, 11) is 0. The number of amides is 1. The van der Waals surface area contributed by atoms with Crippen LogP contribution in [0.1, 0.15) is 38.3 Å². The van der Waals surface area contributed by atoms with Crippen molar-refractivity contribution in [1.82, 2.24) is 5.32 Å². The number of hydrogen-bond acceptors (Lipinski definition) is 3. The predicted octanol–water partition coefficient (Wildman–Crippen LogP) is 2.04. The first-order chi connectivity index (χ1) is 9.60. The Hall–Kier alpha value is -1.39. The second kappa shape index (κ2) is 6.86. The molecule has 4 heteroatoms. The number of carbonyl (C=O) groups is 1. The summed E-state index contributed by atoms with van der Waals surface area (Å²) >= 11 is 0. The summed E-state index contributed by atoms with van der Waals surface area (Å²) in [4.78, 5) is 12.4. The Kier molecular flexibility index (Phi) is 5.15. The predicted molar refractivity (Wildman–Crippen MR) is 77.1 cm³/mol. The standard InChI is InChI=1S/C16H23NO3/c1-11-8-14(9-12(2)20-11)16(19)17-15(10-18)13-6-4-3-5-7-13/h3-7,11-12,14-15,18H,8-10H2,1-2H3,(H,17,19). The number of aliphatic hydroxyl groups is 1. The molecule has 2 N–H and O–H groups in total. The van der Waals surface area contributed by atoms with E-state index in [9.17, 15) is 9.90 Å². The maximum Gasteiger partial charge on any atom is 0.223 e. The van der Waals surface area contributed by atoms with E-state index >= 15 is 0 Å². The molecule has 1 fully saturated rings. The summed E-state index contributed by atoms with van der Waals surface area (Å²) in [6, 6.07) is 9.22. The van der Waals surface area contributed by atoms with Crippen molar-refractivity contribution in [2.45, 2.75) is 44.9 Å². The number of aliphatic hydroxyl groups excluding tert-OH is 1. The first kappa shape index (κ1) is 15.0. The van der Waals surface area contributed by atoms with E-state index in [2.05, 4.69) is 5.32 Å². The van der Waals surface area contributed by atoms with Crippen molar-refractivity contribution in [2.75, 3.05) is 6.61 Å². The molecule has 3 unspecified atom stereocenters. The van der Waals surface area contributed by atoms with Crippen LogP contribution in [0.5, 0.6) is 0 Å². The second-order valence-corrected chi connectivity index (χ2v) is 5.58. The van der Waals surface area contributed by atoms with Crippen LogP contribution in [-0.2, 0) is 9.53 Å². The third kappa shape index (κ3) is 3.81. The lowest BCUT2D eigenvalue weighted by atomic mass is 9.91. The molecule has 4 nitrogen and oxygen atoms in total. The van der Waals surface area contributed by atoms with Gasteiger partial charge in [0.05, 0.1) is 24.9 Å². The van der Waals surface area contributed by atoms with Crippen LogP contribution in [0.3, 0.4) is 0 Å². The second-order valence-electron chi connectivity index (χ2n) is 5.58. The summed E-state index contributed by atoms with van der Waals surface area (Å²) < 4.78 is 5.65. The number of rotatable bonds is 4. The molecule has 1 saturated heterocycles. The Balaban J connectivity index is 1.99. The summed E-state index contributed by atoms with van der Waals surface area (Å²) in [6.07, 6.45) is 1.70. The van der Waals surface area contributed by atoms with E-state index in [4.69, 9.17) is 4.74 Å². The van der Waals surface area contributed by atoms with Crippen LogP contribution in [0, 0.1) is 5.92 Å². The quantitative estimate of drug-likeness (QED) is 0.885. The van der Waals surface area contributed by atoms with Gasteiger partial charge in [-0.15, -0.1) is 0 Å². The Morgan fingerprint density at radius 2 is 1.90 bits per heavy atom. The van der Waals surface area contributed by atoms with E-state index in [1.807, 2.05) is 44.2 Å². The first-order valence-corrected chi connectivity index (χ1v) is 7.21. The van der Waals surface area contributed by atoms with Crippen molar-refractivity contribution >= 4 is 5.91 Å². The highest BCUT2D eigenvalue weighted by Crippen LogP contribution is 2.25. The van der Waals surface area contributed by atoms with Gasteiger partial charge in [-0.2, -0.15) is 0 Å². The van der Waals surface area contributed by atoms with E-state index < -0.39 is 0 Å². The lowest BCUT2D eigenvalue weighted by molar-refractivity contribution is -0.134. The molecule has 0 aliphatic carbocycles. The highest BCUT2D eigenvalue weighted by Gasteiger charge is 2.30. The maximum atomic E-state index is 12.4. The normalized spacial score (nSPS) is 27.9. The van der Waals surface area contributed by atoms with E-state index in [1.165, 1.54) is 0 Å². The third-order valence-corrected chi connectivity index (χ3v) is 3.77. The maximum absolute atomic E-state index is 12.4. The van der Waals surface area contributed by atoms with Gasteiger partial charge in [0.2, 0.25) is 5.91 Å². The minimum Gasteiger partial charge on any atom is -0.394 e. The lowest BCUT2D eigenvalue weighted by Crippen LogP contribution is -2.41. The number of nitrogens with one attached hydrogen (secondary N) is 1. The average molecular weight is 277 g/mol. The summed E-state index contributed by atoms with van der Waals surface area (Å²) in [5.74, 6) is -0.0265. The number of benzene rings is 1. The molecule has 0 aromatic heterocycles. The Morgan fingerprint density at radius 3 is 2.45 bits per heavy atom. The molecule has 0 saturated carbocycles. The smallest absolute Gasteiger partial charge is 0.223 e. The molecule has 1 aromatic rings. The summed E-state index contributed by atoms with van der Waals surface area (Å²) in [6.45, 7) is 3.90. The van der Waals surface area contributed by atoms with Gasteiger partial charge in [0.25, 0.3) is 0 Å². The van der Waals surface area contributed by atoms with E-state index in [0.717, 1.165) is 18.4 Å². The van der Waals surface area contributed by atoms with Gasteiger partial charge in [-0.25, -0.2) is 0 Å². The monoisotopic (exact) mass is 277 g/mol. The number of hydrogen-bond donors (Lipinski definition) is 2. The van der Waals surface area contributed by atoms with Crippen LogP contribution in [0.2, 0.25) is 0 Å². The highest BCUT2D eigenvalue weighted by molar-refractivity contribution is 5.79. The molecule has 1 heterocycles. The van der Waals surface area contributed by atoms with Gasteiger partial charge in [0.15, 0.2) is 0 Å². The largest absolute Gasteiger partial charge is 0.394 e. The fourth-order valence-electron chi connectivity index (χ4n) is 2.83. The van der Waals surface area contributed by atoms with Crippen molar-refractivity contribution in [3.8, 4) is 0 Å². The molecule has 1 amide bonds. The Bertz CT molecular complexity index is 425. The zero-order valence-electron chi connectivity index (χ0n) is 12.1. The number of carbonyl (C=O) groups excluding carboxylic acids is 1. The van der Waals surface area contributed by atoms with Crippen LogP contribution >= 0.6 is 0 Å². The van der Waals surface area contributed by atoms with E-state index in [0.29, 0.717) is 0 Å². The Morgan fingerprint density at radius 1 is 1.30 bits per heavy atom. The zero-order chi connectivity index (χ0) is 14.5. The van der Waals surface area contributed by atoms with Gasteiger partial charge in [0.1, 0.15) is 0 Å². The molecule has 3 atom stereocenters. The van der Waals surface area contributed by atoms with Crippen molar-refractivity contribution in [3.63, 3.8) is 0 Å². The molecule has 0 bridgehead atoms. The molecule has 20 heavy (non-hydrogen) atoms. The molecule has 1 aromatic carbocycles. The molecule has 0 radical (unpaired) electrons. The van der Waals surface area contributed by atoms with Gasteiger partial charge in [-0.1, -0.05) is 30.3 Å². The molecule has 110 valence electrons. The van der Waals surface area contributed by atoms with Gasteiger partial charge in [-0.3, -0.25) is 4.79 Å². The molecular weight excluding hydrogens is 254 g/mol. The fraction of sp³-hybridized carbons (Fsp3) is 0.562. The number of ether oxygens (including phenoxy) is 1. The van der Waals surface area contributed by atoms with Gasteiger partial charge >= 0.3 is 0 Å². The fourth-order valence-corrected chi connectivity index (χ4v) is 2.83. The minimum absolute atomic E-state index is 0.00917. The van der Waals surface area contributed by atoms with Gasteiger partial charge < -0.3 is 15.2 Å². The van der Waals surface area contributed by atoms with Crippen LogP contribution in [0.15, 0.2) is 30.3 Å². The average Bonchev–Trinajstić information content (AvgIpc) is 2.44. The van der Waals surface area contributed by atoms with Crippen molar-refractivity contribution < 1.29 is 14.6 Å². The minimum atomic E-state index is -0.336. The molecule has 0 spiro atoms. The topological polar surface area (TPSA) is 58.6 Å². The molecule has 2 rings (SSSR count). The van der Waals surface area contributed by atoms with Crippen LogP contribution < -0.4 is 5.32 Å². The highest BCUT2D eigenvalue weighted by atomic mass is 16.5. The zero-order valence-corrected chi connectivity index (χ0v) is 12.1. The van der Waals surface area contributed by atoms with Crippen LogP contribution in [0.25, 0.3) is 0 Å². The van der Waals surface area contributed by atoms with Crippen LogP contribution in [0.4, 0.5) is 0 Å². The van der Waals surface area contributed by atoms with Crippen molar-refractivity contribution in [3.05, 3.63) is 35.9 Å². The summed E-state index contributed by atoms with van der Waals surface area (Å²) in [5, 5.41) is 12.4. The third-order valence-electron chi connectivity index (χ3n) is 3.77. The van der Waals surface area contributed by atoms with E-state index in [1.54, 1.807) is 0 Å². The first-order valence-electron chi connectivity index (χ1n) is 7.21. The van der Waals surface area contributed by atoms with E-state index in [-0.39, 0.29) is 36.7 Å².